The van der Waals surface area contributed by atoms with Gasteiger partial charge in [0.05, 0.1) is 7.54 Å². The Bertz CT molecular complexity index is 772. The molecule has 1 atom stereocenters. The Balaban J connectivity index is 1.40. The first-order valence-corrected chi connectivity index (χ1v) is 8.74. The van der Waals surface area contributed by atoms with E-state index in [1.807, 2.05) is 28.0 Å². The van der Waals surface area contributed by atoms with E-state index in [0.29, 0.717) is 11.6 Å². The Labute approximate surface area is 143 Å². The molecule has 1 unspecified atom stereocenters. The number of likely N-dealkylation sites (tertiary alicyclic amines) is 1. The minimum absolute atomic E-state index is 0.186. The highest BCUT2D eigenvalue weighted by Crippen LogP contribution is 2.20. The van der Waals surface area contributed by atoms with Gasteiger partial charge in [-0.15, -0.1) is 0 Å². The Morgan fingerprint density at radius 1 is 1.29 bits per heavy atom. The lowest BCUT2D eigenvalue weighted by Gasteiger charge is -2.41. The van der Waals surface area contributed by atoms with Gasteiger partial charge in [0.25, 0.3) is 0 Å². The summed E-state index contributed by atoms with van der Waals surface area (Å²) in [5.41, 5.74) is 1.80. The lowest BCUT2D eigenvalue weighted by molar-refractivity contribution is 0.0799. The molecule has 2 aliphatic heterocycles. The maximum atomic E-state index is 12.6. The topological polar surface area (TPSA) is 52.8 Å². The summed E-state index contributed by atoms with van der Waals surface area (Å²) in [7, 11) is 0. The van der Waals surface area contributed by atoms with Crippen molar-refractivity contribution in [3.63, 3.8) is 0 Å². The van der Waals surface area contributed by atoms with E-state index in [1.165, 1.54) is 0 Å². The molecule has 6 nitrogen and oxygen atoms in total. The quantitative estimate of drug-likeness (QED) is 0.850. The second-order valence-electron chi connectivity index (χ2n) is 6.87. The maximum absolute atomic E-state index is 12.6. The van der Waals surface area contributed by atoms with Crippen molar-refractivity contribution in [2.45, 2.75) is 32.4 Å². The van der Waals surface area contributed by atoms with Crippen LogP contribution in [0.5, 0.6) is 0 Å². The predicted octanol–water partition coefficient (Wildman–Crippen LogP) is 2.55. The van der Waals surface area contributed by atoms with Gasteiger partial charge in [-0.05, 0) is 37.5 Å². The van der Waals surface area contributed by atoms with Crippen molar-refractivity contribution in [2.75, 3.05) is 32.7 Å². The molecule has 1 aromatic heterocycles. The Morgan fingerprint density at radius 3 is 2.92 bits per heavy atom. The van der Waals surface area contributed by atoms with Crippen LogP contribution in [0.3, 0.4) is 0 Å². The highest BCUT2D eigenvalue weighted by Gasteiger charge is 2.30. The fraction of sp³-hybridized carbons (Fsp3) is 0.556. The SMILES string of the molecule is [2H]c1noc2ccc(CN3CCN(C(=O)N4CCCC4)CC3C)cc12. The Hall–Kier alpha value is -2.08. The van der Waals surface area contributed by atoms with Crippen molar-refractivity contribution in [1.29, 1.82) is 0 Å². The number of rotatable bonds is 2. The lowest BCUT2D eigenvalue weighted by atomic mass is 10.1. The van der Waals surface area contributed by atoms with Crippen molar-refractivity contribution in [3.8, 4) is 0 Å². The highest BCUT2D eigenvalue weighted by molar-refractivity contribution is 5.76. The molecule has 0 saturated carbocycles. The number of hydrogen-bond donors (Lipinski definition) is 0. The van der Waals surface area contributed by atoms with E-state index in [4.69, 9.17) is 5.89 Å². The van der Waals surface area contributed by atoms with E-state index in [1.54, 1.807) is 0 Å². The van der Waals surface area contributed by atoms with Crippen molar-refractivity contribution in [2.24, 2.45) is 0 Å². The van der Waals surface area contributed by atoms with Crippen LogP contribution in [0, 0.1) is 0 Å². The zero-order valence-corrected chi connectivity index (χ0v) is 14.1. The number of amides is 2. The molecule has 0 bridgehead atoms. The van der Waals surface area contributed by atoms with Crippen LogP contribution in [0.4, 0.5) is 4.79 Å². The number of urea groups is 1. The summed E-state index contributed by atoms with van der Waals surface area (Å²) in [6.07, 6.45) is 2.45. The maximum Gasteiger partial charge on any atom is 0.320 e. The van der Waals surface area contributed by atoms with Crippen molar-refractivity contribution < 1.29 is 10.7 Å². The van der Waals surface area contributed by atoms with Crippen molar-refractivity contribution in [1.82, 2.24) is 19.9 Å². The molecule has 2 fully saturated rings. The minimum atomic E-state index is 0.186. The molecule has 0 radical (unpaired) electrons. The minimum Gasteiger partial charge on any atom is -0.356 e. The number of carbonyl (C=O) groups excluding carboxylic acids is 1. The van der Waals surface area contributed by atoms with Crippen LogP contribution < -0.4 is 0 Å². The molecule has 2 aromatic rings. The largest absolute Gasteiger partial charge is 0.356 e. The number of nitrogens with zero attached hydrogens (tertiary/aromatic N) is 4. The molecule has 2 saturated heterocycles. The standard InChI is InChI=1S/C18H24N4O2/c1-14-12-22(18(23)20-6-2-3-7-20)9-8-21(14)13-15-4-5-17-16(10-15)11-19-24-17/h4-5,10-11,14H,2-3,6-9,12-13H2,1H3/i11D. The molecule has 128 valence electrons. The third kappa shape index (κ3) is 2.98. The average molecular weight is 329 g/mol. The predicted molar refractivity (Wildman–Crippen MR) is 91.7 cm³/mol. The van der Waals surface area contributed by atoms with E-state index < -0.39 is 0 Å². The monoisotopic (exact) mass is 329 g/mol. The lowest BCUT2D eigenvalue weighted by Crippen LogP contribution is -2.55. The summed E-state index contributed by atoms with van der Waals surface area (Å²) in [5, 5.41) is 4.45. The summed E-state index contributed by atoms with van der Waals surface area (Å²) >= 11 is 0. The number of piperazine rings is 1. The number of hydrogen-bond acceptors (Lipinski definition) is 4. The summed E-state index contributed by atoms with van der Waals surface area (Å²) in [6.45, 7) is 7.22. The van der Waals surface area contributed by atoms with Gasteiger partial charge in [-0.3, -0.25) is 4.90 Å². The molecule has 0 N–H and O–H groups in total. The van der Waals surface area contributed by atoms with Crippen molar-refractivity contribution in [3.05, 3.63) is 29.9 Å². The molecule has 0 spiro atoms. The van der Waals surface area contributed by atoms with Gasteiger partial charge in [-0.1, -0.05) is 11.2 Å². The molecule has 3 heterocycles. The third-order valence-electron chi connectivity index (χ3n) is 5.15. The van der Waals surface area contributed by atoms with E-state index >= 15 is 0 Å². The van der Waals surface area contributed by atoms with E-state index in [9.17, 15) is 4.79 Å². The first-order chi connectivity index (χ1) is 12.1. The second-order valence-corrected chi connectivity index (χ2v) is 6.87. The van der Waals surface area contributed by atoms with Gasteiger partial charge in [0.2, 0.25) is 0 Å². The highest BCUT2D eigenvalue weighted by atomic mass is 16.5. The van der Waals surface area contributed by atoms with Gasteiger partial charge in [-0.2, -0.15) is 0 Å². The Kier molecular flexibility index (Phi) is 3.83. The number of aromatic nitrogens is 1. The molecule has 2 amide bonds. The summed E-state index contributed by atoms with van der Waals surface area (Å²) in [5.74, 6) is 0. The summed E-state index contributed by atoms with van der Waals surface area (Å²) < 4.78 is 12.9. The summed E-state index contributed by atoms with van der Waals surface area (Å²) in [6, 6.07) is 6.42. The van der Waals surface area contributed by atoms with Gasteiger partial charge < -0.3 is 14.3 Å². The second kappa shape index (κ2) is 6.43. The normalized spacial score (nSPS) is 23.0. The number of benzene rings is 1. The van der Waals surface area contributed by atoms with Gasteiger partial charge in [0.15, 0.2) is 5.58 Å². The molecule has 4 rings (SSSR count). The fourth-order valence-electron chi connectivity index (χ4n) is 3.71. The van der Waals surface area contributed by atoms with Crippen LogP contribution in [0.25, 0.3) is 11.0 Å². The molecule has 6 heteroatoms. The zero-order valence-electron chi connectivity index (χ0n) is 15.1. The molecular weight excluding hydrogens is 304 g/mol. The van der Waals surface area contributed by atoms with Crippen LogP contribution in [0.15, 0.2) is 28.9 Å². The van der Waals surface area contributed by atoms with Crippen LogP contribution in [0.2, 0.25) is 0 Å². The van der Waals surface area contributed by atoms with Crippen LogP contribution in [0.1, 0.15) is 26.7 Å². The van der Waals surface area contributed by atoms with Crippen LogP contribution in [-0.2, 0) is 6.54 Å². The zero-order chi connectivity index (χ0) is 17.4. The Morgan fingerprint density at radius 2 is 2.12 bits per heavy atom. The van der Waals surface area contributed by atoms with Crippen LogP contribution in [-0.4, -0.2) is 64.7 Å². The van der Waals surface area contributed by atoms with Gasteiger partial charge >= 0.3 is 6.03 Å². The molecular formula is C18H24N4O2. The third-order valence-corrected chi connectivity index (χ3v) is 5.15. The number of carbonyl (C=O) groups is 1. The van der Waals surface area contributed by atoms with Crippen LogP contribution >= 0.6 is 0 Å². The fourth-order valence-corrected chi connectivity index (χ4v) is 3.71. The summed E-state index contributed by atoms with van der Waals surface area (Å²) in [4.78, 5) is 18.9. The molecule has 0 aliphatic carbocycles. The first kappa shape index (κ1) is 14.3. The van der Waals surface area contributed by atoms with Gasteiger partial charge in [0, 0.05) is 50.7 Å². The van der Waals surface area contributed by atoms with E-state index in [-0.39, 0.29) is 12.2 Å². The number of fused-ring (bicyclic) bond motifs is 1. The average Bonchev–Trinajstić information content (AvgIpc) is 3.27. The van der Waals surface area contributed by atoms with E-state index in [0.717, 1.165) is 63.1 Å². The molecule has 2 aliphatic rings. The molecule has 1 aromatic carbocycles. The smallest absolute Gasteiger partial charge is 0.320 e. The first-order valence-electron chi connectivity index (χ1n) is 9.24. The van der Waals surface area contributed by atoms with Gasteiger partial charge in [0.1, 0.15) is 0 Å². The van der Waals surface area contributed by atoms with Crippen molar-refractivity contribution >= 4 is 17.0 Å². The molecule has 24 heavy (non-hydrogen) atoms. The van der Waals surface area contributed by atoms with E-state index in [2.05, 4.69) is 17.0 Å². The van der Waals surface area contributed by atoms with Gasteiger partial charge in [-0.25, -0.2) is 4.79 Å².